The van der Waals surface area contributed by atoms with Gasteiger partial charge < -0.3 is 5.32 Å². The summed E-state index contributed by atoms with van der Waals surface area (Å²) in [5.74, 6) is 0. The van der Waals surface area contributed by atoms with E-state index in [1.807, 2.05) is 43.1 Å². The Bertz CT molecular complexity index is 567. The van der Waals surface area contributed by atoms with Crippen LogP contribution in [0.3, 0.4) is 0 Å². The molecule has 0 unspecified atom stereocenters. The Morgan fingerprint density at radius 3 is 2.68 bits per heavy atom. The van der Waals surface area contributed by atoms with Crippen molar-refractivity contribution < 1.29 is 0 Å². The van der Waals surface area contributed by atoms with Crippen LogP contribution in [0, 0.1) is 0 Å². The van der Waals surface area contributed by atoms with Crippen LogP contribution in [-0.4, -0.2) is 28.9 Å². The van der Waals surface area contributed by atoms with Gasteiger partial charge in [-0.3, -0.25) is 4.90 Å². The second kappa shape index (κ2) is 6.40. The molecule has 7 heteroatoms. The average molecular weight is 357 g/mol. The molecule has 0 amide bonds. The van der Waals surface area contributed by atoms with E-state index in [4.69, 9.17) is 12.2 Å². The molecule has 0 saturated heterocycles. The second-order valence-corrected chi connectivity index (χ2v) is 6.05. The molecule has 1 aromatic carbocycles. The van der Waals surface area contributed by atoms with Crippen molar-refractivity contribution in [2.24, 2.45) is 0 Å². The van der Waals surface area contributed by atoms with Crippen molar-refractivity contribution in [3.8, 4) is 10.6 Å². The molecule has 0 aliphatic carbocycles. The maximum absolute atomic E-state index is 5.25. The second-order valence-electron chi connectivity index (χ2n) is 3.79. The zero-order chi connectivity index (χ0) is 13.8. The maximum atomic E-state index is 5.25. The molecule has 1 heterocycles. The molecule has 4 nitrogen and oxygen atoms in total. The topological polar surface area (TPSA) is 41.0 Å². The molecular formula is C12H13BrN4S2. The first kappa shape index (κ1) is 14.4. The van der Waals surface area contributed by atoms with Gasteiger partial charge in [-0.15, -0.1) is 10.2 Å². The molecule has 0 saturated carbocycles. The molecule has 19 heavy (non-hydrogen) atoms. The SMILES string of the molecule is CCNC(=S)N(C)c1nnc(-c2ccc(Br)cc2)s1. The summed E-state index contributed by atoms with van der Waals surface area (Å²) in [5.41, 5.74) is 1.05. The van der Waals surface area contributed by atoms with E-state index in [1.54, 1.807) is 0 Å². The first-order valence-electron chi connectivity index (χ1n) is 5.73. The summed E-state index contributed by atoms with van der Waals surface area (Å²) in [5, 5.41) is 13.8. The predicted octanol–water partition coefficient (Wildman–Crippen LogP) is 3.30. The van der Waals surface area contributed by atoms with Crippen LogP contribution in [-0.2, 0) is 0 Å². The lowest BCUT2D eigenvalue weighted by molar-refractivity contribution is 0.948. The number of hydrogen-bond donors (Lipinski definition) is 1. The Kier molecular flexibility index (Phi) is 4.84. The van der Waals surface area contributed by atoms with E-state index in [2.05, 4.69) is 31.4 Å². The highest BCUT2D eigenvalue weighted by Crippen LogP contribution is 2.28. The lowest BCUT2D eigenvalue weighted by Gasteiger charge is -2.16. The van der Waals surface area contributed by atoms with Gasteiger partial charge in [0.25, 0.3) is 0 Å². The van der Waals surface area contributed by atoms with Gasteiger partial charge in [0.2, 0.25) is 5.13 Å². The fraction of sp³-hybridized carbons (Fsp3) is 0.250. The smallest absolute Gasteiger partial charge is 0.214 e. The molecule has 0 spiro atoms. The summed E-state index contributed by atoms with van der Waals surface area (Å²) in [6.07, 6.45) is 0. The third kappa shape index (κ3) is 3.49. The fourth-order valence-electron chi connectivity index (χ4n) is 1.42. The monoisotopic (exact) mass is 356 g/mol. The van der Waals surface area contributed by atoms with E-state index in [-0.39, 0.29) is 0 Å². The van der Waals surface area contributed by atoms with Gasteiger partial charge in [0.15, 0.2) is 5.11 Å². The van der Waals surface area contributed by atoms with E-state index in [0.717, 1.165) is 26.7 Å². The first-order chi connectivity index (χ1) is 9.11. The molecule has 100 valence electrons. The molecule has 1 aromatic heterocycles. The van der Waals surface area contributed by atoms with Crippen LogP contribution in [0.15, 0.2) is 28.7 Å². The minimum atomic E-state index is 0.654. The van der Waals surface area contributed by atoms with Crippen LogP contribution >= 0.6 is 39.5 Å². The number of rotatable bonds is 3. The number of benzene rings is 1. The molecule has 0 fully saturated rings. The van der Waals surface area contributed by atoms with E-state index < -0.39 is 0 Å². The van der Waals surface area contributed by atoms with E-state index in [9.17, 15) is 0 Å². The van der Waals surface area contributed by atoms with E-state index in [0.29, 0.717) is 5.11 Å². The van der Waals surface area contributed by atoms with Crippen LogP contribution < -0.4 is 10.2 Å². The van der Waals surface area contributed by atoms with Gasteiger partial charge in [0.1, 0.15) is 5.01 Å². The van der Waals surface area contributed by atoms with Crippen molar-refractivity contribution in [3.05, 3.63) is 28.7 Å². The lowest BCUT2D eigenvalue weighted by Crippen LogP contribution is -2.36. The van der Waals surface area contributed by atoms with Crippen molar-refractivity contribution in [2.75, 3.05) is 18.5 Å². The van der Waals surface area contributed by atoms with E-state index in [1.165, 1.54) is 11.3 Å². The fourth-order valence-corrected chi connectivity index (χ4v) is 2.79. The van der Waals surface area contributed by atoms with Crippen LogP contribution in [0.1, 0.15) is 6.92 Å². The normalized spacial score (nSPS) is 10.3. The van der Waals surface area contributed by atoms with Crippen LogP contribution in [0.25, 0.3) is 10.6 Å². The molecule has 0 bridgehead atoms. The molecule has 1 N–H and O–H groups in total. The molecule has 2 aromatic rings. The van der Waals surface area contributed by atoms with Crippen molar-refractivity contribution in [1.82, 2.24) is 15.5 Å². The molecule has 0 radical (unpaired) electrons. The van der Waals surface area contributed by atoms with Crippen molar-refractivity contribution in [3.63, 3.8) is 0 Å². The van der Waals surface area contributed by atoms with E-state index >= 15 is 0 Å². The van der Waals surface area contributed by atoms with Gasteiger partial charge in [-0.2, -0.15) is 0 Å². The summed E-state index contributed by atoms with van der Waals surface area (Å²) in [6.45, 7) is 2.80. The molecule has 0 aliphatic rings. The summed E-state index contributed by atoms with van der Waals surface area (Å²) in [6, 6.07) is 8.00. The maximum Gasteiger partial charge on any atom is 0.214 e. The zero-order valence-electron chi connectivity index (χ0n) is 10.6. The summed E-state index contributed by atoms with van der Waals surface area (Å²) >= 11 is 10.2. The number of hydrogen-bond acceptors (Lipinski definition) is 4. The predicted molar refractivity (Wildman–Crippen MR) is 87.7 cm³/mol. The number of nitrogens with zero attached hydrogens (tertiary/aromatic N) is 3. The quantitative estimate of drug-likeness (QED) is 0.854. The van der Waals surface area contributed by atoms with Crippen LogP contribution in [0.5, 0.6) is 0 Å². The van der Waals surface area contributed by atoms with Gasteiger partial charge in [0.05, 0.1) is 0 Å². The van der Waals surface area contributed by atoms with Gasteiger partial charge >= 0.3 is 0 Å². The van der Waals surface area contributed by atoms with Crippen molar-refractivity contribution >= 4 is 49.7 Å². The summed E-state index contributed by atoms with van der Waals surface area (Å²) in [7, 11) is 1.89. The van der Waals surface area contributed by atoms with Crippen LogP contribution in [0.4, 0.5) is 5.13 Å². The number of aromatic nitrogens is 2. The Morgan fingerprint density at radius 2 is 2.05 bits per heavy atom. The minimum Gasteiger partial charge on any atom is -0.363 e. The average Bonchev–Trinajstić information content (AvgIpc) is 2.88. The van der Waals surface area contributed by atoms with Gasteiger partial charge in [0, 0.05) is 23.6 Å². The number of anilines is 1. The number of thiocarbonyl (C=S) groups is 1. The molecule has 2 rings (SSSR count). The zero-order valence-corrected chi connectivity index (χ0v) is 13.8. The van der Waals surface area contributed by atoms with Gasteiger partial charge in [-0.25, -0.2) is 0 Å². The van der Waals surface area contributed by atoms with Crippen molar-refractivity contribution in [2.45, 2.75) is 6.92 Å². The highest BCUT2D eigenvalue weighted by Gasteiger charge is 2.13. The van der Waals surface area contributed by atoms with Gasteiger partial charge in [-0.05, 0) is 31.3 Å². The first-order valence-corrected chi connectivity index (χ1v) is 7.74. The van der Waals surface area contributed by atoms with Gasteiger partial charge in [-0.1, -0.05) is 39.4 Å². The third-order valence-corrected chi connectivity index (χ3v) is 4.42. The minimum absolute atomic E-state index is 0.654. The molecular weight excluding hydrogens is 344 g/mol. The summed E-state index contributed by atoms with van der Waals surface area (Å²) < 4.78 is 1.05. The lowest BCUT2D eigenvalue weighted by atomic mass is 10.2. The third-order valence-electron chi connectivity index (χ3n) is 2.43. The highest BCUT2D eigenvalue weighted by atomic mass is 79.9. The molecule has 0 atom stereocenters. The summed E-state index contributed by atoms with van der Waals surface area (Å²) in [4.78, 5) is 1.83. The number of nitrogens with one attached hydrogen (secondary N) is 1. The Balaban J connectivity index is 2.19. The molecule has 0 aliphatic heterocycles. The number of halogens is 1. The van der Waals surface area contributed by atoms with Crippen LogP contribution in [0.2, 0.25) is 0 Å². The van der Waals surface area contributed by atoms with Crippen molar-refractivity contribution in [1.29, 1.82) is 0 Å². The Hall–Kier alpha value is -1.05. The largest absolute Gasteiger partial charge is 0.363 e. The highest BCUT2D eigenvalue weighted by molar-refractivity contribution is 9.10. The Labute approximate surface area is 130 Å². The standard InChI is InChI=1S/C12H13BrN4S2/c1-3-14-11(18)17(2)12-16-15-10(19-12)8-4-6-9(13)7-5-8/h4-7H,3H2,1-2H3,(H,14,18). The Morgan fingerprint density at radius 1 is 1.37 bits per heavy atom.